The van der Waals surface area contributed by atoms with E-state index in [-0.39, 0.29) is 11.9 Å². The van der Waals surface area contributed by atoms with Gasteiger partial charge in [-0.1, -0.05) is 18.2 Å². The molecule has 2 aromatic carbocycles. The molecular formula is C20H25NO3. The maximum atomic E-state index is 12.5. The number of rotatable bonds is 6. The van der Waals surface area contributed by atoms with Crippen molar-refractivity contribution in [2.24, 2.45) is 0 Å². The van der Waals surface area contributed by atoms with Crippen molar-refractivity contribution in [3.05, 3.63) is 58.7 Å². The first-order valence-electron chi connectivity index (χ1n) is 8.07. The second-order valence-electron chi connectivity index (χ2n) is 6.09. The lowest BCUT2D eigenvalue weighted by atomic mass is 10.0. The van der Waals surface area contributed by atoms with E-state index in [1.807, 2.05) is 64.1 Å². The molecular weight excluding hydrogens is 302 g/mol. The van der Waals surface area contributed by atoms with Crippen LogP contribution in [0.5, 0.6) is 11.5 Å². The van der Waals surface area contributed by atoms with Crippen LogP contribution < -0.4 is 14.8 Å². The standard InChI is InChI=1S/C20H25NO3/c1-13-10-15(3)17(11-14(13)2)20(22)21-16(4)12-24-19-9-7-6-8-18(19)23-5/h6-11,16H,12H2,1-5H3,(H,21,22)/t16-/m1/s1. The molecule has 0 aliphatic heterocycles. The van der Waals surface area contributed by atoms with E-state index in [0.29, 0.717) is 23.7 Å². The van der Waals surface area contributed by atoms with Crippen LogP contribution in [0.4, 0.5) is 0 Å². The predicted molar refractivity (Wildman–Crippen MR) is 96.1 cm³/mol. The highest BCUT2D eigenvalue weighted by Gasteiger charge is 2.14. The molecule has 0 heterocycles. The van der Waals surface area contributed by atoms with Crippen LogP contribution in [-0.4, -0.2) is 25.7 Å². The summed E-state index contributed by atoms with van der Waals surface area (Å²) in [5.41, 5.74) is 4.00. The van der Waals surface area contributed by atoms with Crippen molar-refractivity contribution in [1.29, 1.82) is 0 Å². The number of para-hydroxylation sites is 2. The van der Waals surface area contributed by atoms with E-state index in [4.69, 9.17) is 9.47 Å². The van der Waals surface area contributed by atoms with Gasteiger partial charge in [0, 0.05) is 5.56 Å². The molecule has 1 atom stereocenters. The number of nitrogens with one attached hydrogen (secondary N) is 1. The number of carbonyl (C=O) groups is 1. The Hall–Kier alpha value is -2.49. The van der Waals surface area contributed by atoms with E-state index in [1.54, 1.807) is 7.11 Å². The van der Waals surface area contributed by atoms with E-state index in [1.165, 1.54) is 5.56 Å². The van der Waals surface area contributed by atoms with Gasteiger partial charge in [-0.3, -0.25) is 4.79 Å². The zero-order valence-electron chi connectivity index (χ0n) is 15.0. The molecule has 2 aromatic rings. The molecule has 1 amide bonds. The van der Waals surface area contributed by atoms with Crippen LogP contribution in [0.3, 0.4) is 0 Å². The molecule has 1 N–H and O–H groups in total. The second-order valence-corrected chi connectivity index (χ2v) is 6.09. The Morgan fingerprint density at radius 2 is 1.67 bits per heavy atom. The van der Waals surface area contributed by atoms with Gasteiger partial charge in [0.25, 0.3) is 5.91 Å². The smallest absolute Gasteiger partial charge is 0.251 e. The van der Waals surface area contributed by atoms with E-state index in [2.05, 4.69) is 5.32 Å². The van der Waals surface area contributed by atoms with Crippen molar-refractivity contribution in [2.75, 3.05) is 13.7 Å². The monoisotopic (exact) mass is 327 g/mol. The number of carbonyl (C=O) groups excluding carboxylic acids is 1. The summed E-state index contributed by atoms with van der Waals surface area (Å²) in [5.74, 6) is 1.27. The Morgan fingerprint density at radius 3 is 2.33 bits per heavy atom. The third-order valence-corrected chi connectivity index (χ3v) is 4.02. The number of ether oxygens (including phenoxy) is 2. The zero-order chi connectivity index (χ0) is 17.7. The van der Waals surface area contributed by atoms with Crippen molar-refractivity contribution >= 4 is 5.91 Å². The third-order valence-electron chi connectivity index (χ3n) is 4.02. The number of aryl methyl sites for hydroxylation is 3. The fourth-order valence-corrected chi connectivity index (χ4v) is 2.50. The number of methoxy groups -OCH3 is 1. The summed E-state index contributed by atoms with van der Waals surface area (Å²) in [4.78, 5) is 12.5. The van der Waals surface area contributed by atoms with Gasteiger partial charge >= 0.3 is 0 Å². The van der Waals surface area contributed by atoms with Gasteiger partial charge < -0.3 is 14.8 Å². The topological polar surface area (TPSA) is 47.6 Å². The summed E-state index contributed by atoms with van der Waals surface area (Å²) in [6, 6.07) is 11.3. The summed E-state index contributed by atoms with van der Waals surface area (Å²) in [6.07, 6.45) is 0. The highest BCUT2D eigenvalue weighted by Crippen LogP contribution is 2.25. The molecule has 0 fully saturated rings. The fourth-order valence-electron chi connectivity index (χ4n) is 2.50. The van der Waals surface area contributed by atoms with E-state index in [0.717, 1.165) is 11.1 Å². The molecule has 0 bridgehead atoms. The minimum Gasteiger partial charge on any atom is -0.493 e. The molecule has 0 aliphatic carbocycles. The molecule has 0 radical (unpaired) electrons. The Labute approximate surface area is 143 Å². The Bertz CT molecular complexity index is 725. The molecule has 0 saturated heterocycles. The van der Waals surface area contributed by atoms with E-state index < -0.39 is 0 Å². The maximum absolute atomic E-state index is 12.5. The van der Waals surface area contributed by atoms with Crippen LogP contribution >= 0.6 is 0 Å². The summed E-state index contributed by atoms with van der Waals surface area (Å²) in [6.45, 7) is 8.31. The van der Waals surface area contributed by atoms with Crippen LogP contribution in [-0.2, 0) is 0 Å². The third kappa shape index (κ3) is 4.28. The van der Waals surface area contributed by atoms with Gasteiger partial charge in [-0.2, -0.15) is 0 Å². The second kappa shape index (κ2) is 7.86. The first kappa shape index (κ1) is 17.9. The Balaban J connectivity index is 1.98. The maximum Gasteiger partial charge on any atom is 0.251 e. The number of hydrogen-bond donors (Lipinski definition) is 1. The van der Waals surface area contributed by atoms with Gasteiger partial charge in [0.05, 0.1) is 13.2 Å². The average Bonchev–Trinajstić information content (AvgIpc) is 2.56. The van der Waals surface area contributed by atoms with Crippen molar-refractivity contribution in [3.8, 4) is 11.5 Å². The summed E-state index contributed by atoms with van der Waals surface area (Å²) in [7, 11) is 1.61. The lowest BCUT2D eigenvalue weighted by Gasteiger charge is -2.17. The minimum absolute atomic E-state index is 0.0771. The predicted octanol–water partition coefficient (Wildman–Crippen LogP) is 3.82. The van der Waals surface area contributed by atoms with Crippen LogP contribution in [0.2, 0.25) is 0 Å². The first-order chi connectivity index (χ1) is 11.4. The molecule has 4 heteroatoms. The van der Waals surface area contributed by atoms with Gasteiger partial charge in [0.15, 0.2) is 11.5 Å². The number of benzene rings is 2. The van der Waals surface area contributed by atoms with E-state index >= 15 is 0 Å². The summed E-state index contributed by atoms with van der Waals surface area (Å²) < 4.78 is 11.0. The van der Waals surface area contributed by atoms with Crippen molar-refractivity contribution < 1.29 is 14.3 Å². The quantitative estimate of drug-likeness (QED) is 0.877. The lowest BCUT2D eigenvalue weighted by Crippen LogP contribution is -2.37. The highest BCUT2D eigenvalue weighted by molar-refractivity contribution is 5.96. The lowest BCUT2D eigenvalue weighted by molar-refractivity contribution is 0.0925. The van der Waals surface area contributed by atoms with Gasteiger partial charge in [-0.15, -0.1) is 0 Å². The Kier molecular flexibility index (Phi) is 5.85. The van der Waals surface area contributed by atoms with Gasteiger partial charge in [-0.25, -0.2) is 0 Å². The first-order valence-corrected chi connectivity index (χ1v) is 8.07. The molecule has 0 aliphatic rings. The normalized spacial score (nSPS) is 11.7. The summed E-state index contributed by atoms with van der Waals surface area (Å²) >= 11 is 0. The number of hydrogen-bond acceptors (Lipinski definition) is 3. The van der Waals surface area contributed by atoms with Crippen LogP contribution in [0, 0.1) is 20.8 Å². The van der Waals surface area contributed by atoms with Crippen molar-refractivity contribution in [3.63, 3.8) is 0 Å². The average molecular weight is 327 g/mol. The number of amides is 1. The molecule has 24 heavy (non-hydrogen) atoms. The molecule has 4 nitrogen and oxygen atoms in total. The molecule has 2 rings (SSSR count). The summed E-state index contributed by atoms with van der Waals surface area (Å²) in [5, 5.41) is 2.99. The Morgan fingerprint density at radius 1 is 1.04 bits per heavy atom. The van der Waals surface area contributed by atoms with Crippen LogP contribution in [0.15, 0.2) is 36.4 Å². The van der Waals surface area contributed by atoms with Crippen molar-refractivity contribution in [2.45, 2.75) is 33.7 Å². The van der Waals surface area contributed by atoms with Gasteiger partial charge in [-0.05, 0) is 62.6 Å². The van der Waals surface area contributed by atoms with Gasteiger partial charge in [0.2, 0.25) is 0 Å². The molecule has 0 saturated carbocycles. The largest absolute Gasteiger partial charge is 0.493 e. The minimum atomic E-state index is -0.122. The van der Waals surface area contributed by atoms with Crippen molar-refractivity contribution in [1.82, 2.24) is 5.32 Å². The highest BCUT2D eigenvalue weighted by atomic mass is 16.5. The zero-order valence-corrected chi connectivity index (χ0v) is 15.0. The SMILES string of the molecule is COc1ccccc1OC[C@@H](C)NC(=O)c1cc(C)c(C)cc1C. The molecule has 0 unspecified atom stereocenters. The molecule has 0 spiro atoms. The van der Waals surface area contributed by atoms with Crippen LogP contribution in [0.25, 0.3) is 0 Å². The van der Waals surface area contributed by atoms with Crippen LogP contribution in [0.1, 0.15) is 34.0 Å². The van der Waals surface area contributed by atoms with Gasteiger partial charge in [0.1, 0.15) is 6.61 Å². The van der Waals surface area contributed by atoms with E-state index in [9.17, 15) is 4.79 Å². The fraction of sp³-hybridized carbons (Fsp3) is 0.350. The molecule has 128 valence electrons. The molecule has 0 aromatic heterocycles.